The van der Waals surface area contributed by atoms with Crippen LogP contribution in [0.25, 0.3) is 0 Å². The fourth-order valence-corrected chi connectivity index (χ4v) is 1.89. The fraction of sp³-hybridized carbons (Fsp3) is 0.167. The van der Waals surface area contributed by atoms with Crippen molar-refractivity contribution in [2.24, 2.45) is 5.73 Å². The van der Waals surface area contributed by atoms with Crippen LogP contribution in [-0.2, 0) is 0 Å². The van der Waals surface area contributed by atoms with E-state index in [4.69, 9.17) is 33.4 Å². The highest BCUT2D eigenvalue weighted by atomic mass is 35.5. The number of furan rings is 1. The standard InChI is InChI=1S/C12H12Cl2N2O/c13-8-3-1-4-9(12(8)14)16-10(7-15)11-5-2-6-17-11/h1-6,10,16H,7,15H2. The van der Waals surface area contributed by atoms with Crippen molar-refractivity contribution in [3.63, 3.8) is 0 Å². The summed E-state index contributed by atoms with van der Waals surface area (Å²) in [6.45, 7) is 0.399. The van der Waals surface area contributed by atoms with Crippen LogP contribution in [0.2, 0.25) is 10.0 Å². The Balaban J connectivity index is 2.22. The largest absolute Gasteiger partial charge is 0.467 e. The molecule has 90 valence electrons. The molecule has 2 rings (SSSR count). The highest BCUT2D eigenvalue weighted by Gasteiger charge is 2.14. The molecule has 0 spiro atoms. The van der Waals surface area contributed by atoms with Crippen LogP contribution < -0.4 is 11.1 Å². The number of halogens is 2. The van der Waals surface area contributed by atoms with Crippen molar-refractivity contribution in [1.82, 2.24) is 0 Å². The van der Waals surface area contributed by atoms with Gasteiger partial charge in [0, 0.05) is 6.54 Å². The van der Waals surface area contributed by atoms with Gasteiger partial charge >= 0.3 is 0 Å². The summed E-state index contributed by atoms with van der Waals surface area (Å²) in [5, 5.41) is 4.20. The maximum absolute atomic E-state index is 6.09. The summed E-state index contributed by atoms with van der Waals surface area (Å²) in [4.78, 5) is 0. The first-order chi connectivity index (χ1) is 8.22. The maximum Gasteiger partial charge on any atom is 0.127 e. The van der Waals surface area contributed by atoms with Crippen molar-refractivity contribution in [3.05, 3.63) is 52.4 Å². The van der Waals surface area contributed by atoms with Gasteiger partial charge < -0.3 is 15.5 Å². The van der Waals surface area contributed by atoms with Crippen LogP contribution in [0, 0.1) is 0 Å². The number of nitrogens with one attached hydrogen (secondary N) is 1. The van der Waals surface area contributed by atoms with Gasteiger partial charge in [0.1, 0.15) is 5.76 Å². The Morgan fingerprint density at radius 3 is 2.71 bits per heavy atom. The first-order valence-corrected chi connectivity index (χ1v) is 5.92. The average Bonchev–Trinajstić information content (AvgIpc) is 2.85. The molecule has 0 aliphatic heterocycles. The highest BCUT2D eigenvalue weighted by Crippen LogP contribution is 2.31. The van der Waals surface area contributed by atoms with E-state index in [1.807, 2.05) is 24.3 Å². The quantitative estimate of drug-likeness (QED) is 0.891. The van der Waals surface area contributed by atoms with E-state index in [9.17, 15) is 0 Å². The molecule has 1 heterocycles. The first-order valence-electron chi connectivity index (χ1n) is 5.16. The molecule has 1 aromatic heterocycles. The predicted molar refractivity (Wildman–Crippen MR) is 70.6 cm³/mol. The zero-order valence-corrected chi connectivity index (χ0v) is 10.5. The van der Waals surface area contributed by atoms with Gasteiger partial charge in [0.25, 0.3) is 0 Å². The lowest BCUT2D eigenvalue weighted by Crippen LogP contribution is -2.20. The highest BCUT2D eigenvalue weighted by molar-refractivity contribution is 6.43. The monoisotopic (exact) mass is 270 g/mol. The van der Waals surface area contributed by atoms with Crippen LogP contribution in [0.3, 0.4) is 0 Å². The van der Waals surface area contributed by atoms with Gasteiger partial charge in [-0.2, -0.15) is 0 Å². The molecule has 1 atom stereocenters. The molecular weight excluding hydrogens is 259 g/mol. The Kier molecular flexibility index (Phi) is 3.94. The minimum atomic E-state index is -0.124. The van der Waals surface area contributed by atoms with Gasteiger partial charge in [0.2, 0.25) is 0 Å². The van der Waals surface area contributed by atoms with Gasteiger partial charge in [-0.3, -0.25) is 0 Å². The minimum absolute atomic E-state index is 0.124. The second kappa shape index (κ2) is 5.45. The van der Waals surface area contributed by atoms with Gasteiger partial charge in [0.15, 0.2) is 0 Å². The molecule has 0 fully saturated rings. The number of rotatable bonds is 4. The van der Waals surface area contributed by atoms with Gasteiger partial charge in [-0.05, 0) is 24.3 Å². The number of nitrogens with two attached hydrogens (primary N) is 1. The molecule has 0 saturated carbocycles. The summed E-state index contributed by atoms with van der Waals surface area (Å²) >= 11 is 12.0. The fourth-order valence-electron chi connectivity index (χ4n) is 1.54. The molecule has 0 aliphatic carbocycles. The third kappa shape index (κ3) is 2.75. The molecule has 1 aromatic carbocycles. The van der Waals surface area contributed by atoms with Gasteiger partial charge in [-0.1, -0.05) is 29.3 Å². The van der Waals surface area contributed by atoms with Crippen molar-refractivity contribution >= 4 is 28.9 Å². The summed E-state index contributed by atoms with van der Waals surface area (Å²) in [5.74, 6) is 0.767. The van der Waals surface area contributed by atoms with E-state index in [0.717, 1.165) is 11.4 Å². The van der Waals surface area contributed by atoms with Crippen molar-refractivity contribution in [2.45, 2.75) is 6.04 Å². The lowest BCUT2D eigenvalue weighted by molar-refractivity contribution is 0.482. The third-order valence-corrected chi connectivity index (χ3v) is 3.22. The SMILES string of the molecule is NCC(Nc1cccc(Cl)c1Cl)c1ccco1. The van der Waals surface area contributed by atoms with Crippen molar-refractivity contribution < 1.29 is 4.42 Å². The van der Waals surface area contributed by atoms with Crippen LogP contribution in [0.4, 0.5) is 5.69 Å². The second-order valence-electron chi connectivity index (χ2n) is 3.55. The third-order valence-electron chi connectivity index (χ3n) is 2.40. The normalized spacial score (nSPS) is 12.4. The van der Waals surface area contributed by atoms with E-state index in [1.54, 1.807) is 12.3 Å². The van der Waals surface area contributed by atoms with Gasteiger partial charge in [-0.25, -0.2) is 0 Å². The Morgan fingerprint density at radius 1 is 1.24 bits per heavy atom. The van der Waals surface area contributed by atoms with E-state index in [2.05, 4.69) is 5.32 Å². The summed E-state index contributed by atoms with van der Waals surface area (Å²) < 4.78 is 5.31. The molecule has 0 aliphatic rings. The van der Waals surface area contributed by atoms with Crippen LogP contribution in [0.15, 0.2) is 41.0 Å². The van der Waals surface area contributed by atoms with Crippen molar-refractivity contribution in [2.75, 3.05) is 11.9 Å². The number of hydrogen-bond donors (Lipinski definition) is 2. The Labute approximate surface area is 110 Å². The van der Waals surface area contributed by atoms with E-state index < -0.39 is 0 Å². The molecule has 3 N–H and O–H groups in total. The number of hydrogen-bond acceptors (Lipinski definition) is 3. The van der Waals surface area contributed by atoms with Crippen LogP contribution in [0.1, 0.15) is 11.8 Å². The van der Waals surface area contributed by atoms with E-state index in [-0.39, 0.29) is 6.04 Å². The van der Waals surface area contributed by atoms with Gasteiger partial charge in [-0.15, -0.1) is 0 Å². The maximum atomic E-state index is 6.09. The number of anilines is 1. The summed E-state index contributed by atoms with van der Waals surface area (Å²) in [6, 6.07) is 8.97. The topological polar surface area (TPSA) is 51.2 Å². The molecule has 5 heteroatoms. The molecule has 0 bridgehead atoms. The Bertz CT molecular complexity index is 485. The zero-order valence-electron chi connectivity index (χ0n) is 8.99. The summed E-state index contributed by atoms with van der Waals surface area (Å²) in [6.07, 6.45) is 1.61. The lowest BCUT2D eigenvalue weighted by atomic mass is 10.2. The van der Waals surface area contributed by atoms with E-state index in [0.29, 0.717) is 16.6 Å². The second-order valence-corrected chi connectivity index (χ2v) is 4.33. The van der Waals surface area contributed by atoms with Crippen LogP contribution in [0.5, 0.6) is 0 Å². The van der Waals surface area contributed by atoms with Crippen LogP contribution in [-0.4, -0.2) is 6.54 Å². The average molecular weight is 271 g/mol. The van der Waals surface area contributed by atoms with Crippen molar-refractivity contribution in [1.29, 1.82) is 0 Å². The molecule has 17 heavy (non-hydrogen) atoms. The number of benzene rings is 1. The minimum Gasteiger partial charge on any atom is -0.467 e. The van der Waals surface area contributed by atoms with Crippen LogP contribution >= 0.6 is 23.2 Å². The Morgan fingerprint density at radius 2 is 2.06 bits per heavy atom. The Hall–Kier alpha value is -1.16. The first kappa shape index (κ1) is 12.3. The smallest absolute Gasteiger partial charge is 0.127 e. The molecule has 3 nitrogen and oxygen atoms in total. The summed E-state index contributed by atoms with van der Waals surface area (Å²) in [5.41, 5.74) is 6.44. The molecule has 0 saturated heterocycles. The lowest BCUT2D eigenvalue weighted by Gasteiger charge is -2.17. The zero-order chi connectivity index (χ0) is 12.3. The molecular formula is C12H12Cl2N2O. The molecule has 1 unspecified atom stereocenters. The van der Waals surface area contributed by atoms with E-state index in [1.165, 1.54) is 0 Å². The van der Waals surface area contributed by atoms with Crippen molar-refractivity contribution in [3.8, 4) is 0 Å². The molecule has 2 aromatic rings. The van der Waals surface area contributed by atoms with E-state index >= 15 is 0 Å². The molecule has 0 radical (unpaired) electrons. The molecule has 0 amide bonds. The van der Waals surface area contributed by atoms with Gasteiger partial charge in [0.05, 0.1) is 28.0 Å². The summed E-state index contributed by atoms with van der Waals surface area (Å²) in [7, 11) is 0. The predicted octanol–water partition coefficient (Wildman–Crippen LogP) is 3.70.